The van der Waals surface area contributed by atoms with E-state index in [0.29, 0.717) is 33.6 Å². The Kier molecular flexibility index (Phi) is 6.06. The highest BCUT2D eigenvalue weighted by molar-refractivity contribution is 6.03. The summed E-state index contributed by atoms with van der Waals surface area (Å²) in [6.45, 7) is 1.54. The Morgan fingerprint density at radius 1 is 0.897 bits per heavy atom. The van der Waals surface area contributed by atoms with Gasteiger partial charge in [-0.15, -0.1) is 0 Å². The summed E-state index contributed by atoms with van der Waals surface area (Å²) >= 11 is 0. The second-order valence-corrected chi connectivity index (χ2v) is 6.34. The van der Waals surface area contributed by atoms with Gasteiger partial charge in [0, 0.05) is 11.1 Å². The van der Waals surface area contributed by atoms with Gasteiger partial charge >= 0.3 is 5.97 Å². The second kappa shape index (κ2) is 8.85. The standard InChI is InChI=1S/C24H19NO4/c1-16(23(26)17-11-13-19(28-2)14-12-17)29-24(27)22-10-6-5-9-21(22)20-8-4-3-7-18(20)15-25/h3-14,16H,1-2H3/t16-/m1/s1. The van der Waals surface area contributed by atoms with Gasteiger partial charge in [0.15, 0.2) is 6.10 Å². The van der Waals surface area contributed by atoms with E-state index in [0.717, 1.165) is 0 Å². The van der Waals surface area contributed by atoms with E-state index in [4.69, 9.17) is 9.47 Å². The quantitative estimate of drug-likeness (QED) is 0.455. The zero-order valence-electron chi connectivity index (χ0n) is 16.1. The molecule has 0 bridgehead atoms. The number of ether oxygens (including phenoxy) is 2. The molecule has 0 unspecified atom stereocenters. The highest BCUT2D eigenvalue weighted by Gasteiger charge is 2.23. The van der Waals surface area contributed by atoms with E-state index in [1.54, 1.807) is 79.9 Å². The van der Waals surface area contributed by atoms with Crippen LogP contribution >= 0.6 is 0 Å². The van der Waals surface area contributed by atoms with Crippen LogP contribution in [0.25, 0.3) is 11.1 Å². The van der Waals surface area contributed by atoms with Crippen LogP contribution < -0.4 is 4.74 Å². The summed E-state index contributed by atoms with van der Waals surface area (Å²) in [4.78, 5) is 25.4. The third-order valence-corrected chi connectivity index (χ3v) is 4.51. The molecule has 1 atom stereocenters. The molecule has 0 amide bonds. The van der Waals surface area contributed by atoms with E-state index >= 15 is 0 Å². The minimum atomic E-state index is -0.963. The molecule has 5 heteroatoms. The molecule has 3 aromatic rings. The monoisotopic (exact) mass is 385 g/mol. The second-order valence-electron chi connectivity index (χ2n) is 6.34. The number of rotatable bonds is 6. The Bertz CT molecular complexity index is 1080. The molecule has 0 N–H and O–H groups in total. The van der Waals surface area contributed by atoms with Gasteiger partial charge in [0.2, 0.25) is 5.78 Å². The van der Waals surface area contributed by atoms with Crippen molar-refractivity contribution in [2.24, 2.45) is 0 Å². The zero-order valence-corrected chi connectivity index (χ0v) is 16.1. The first-order valence-electron chi connectivity index (χ1n) is 9.03. The largest absolute Gasteiger partial charge is 0.497 e. The van der Waals surface area contributed by atoms with E-state index in [9.17, 15) is 14.9 Å². The van der Waals surface area contributed by atoms with Gasteiger partial charge in [-0.2, -0.15) is 5.26 Å². The molecular weight excluding hydrogens is 366 g/mol. The van der Waals surface area contributed by atoms with Crippen molar-refractivity contribution in [3.05, 3.63) is 89.5 Å². The number of ketones is 1. The molecule has 144 valence electrons. The maximum Gasteiger partial charge on any atom is 0.339 e. The Morgan fingerprint density at radius 2 is 1.52 bits per heavy atom. The van der Waals surface area contributed by atoms with Crippen LogP contribution in [0.15, 0.2) is 72.8 Å². The fourth-order valence-corrected chi connectivity index (χ4v) is 2.98. The summed E-state index contributed by atoms with van der Waals surface area (Å²) in [7, 11) is 1.54. The summed E-state index contributed by atoms with van der Waals surface area (Å²) in [6.07, 6.45) is -0.963. The van der Waals surface area contributed by atoms with Crippen molar-refractivity contribution in [1.82, 2.24) is 0 Å². The van der Waals surface area contributed by atoms with E-state index in [1.165, 1.54) is 6.92 Å². The van der Waals surface area contributed by atoms with Gasteiger partial charge < -0.3 is 9.47 Å². The average molecular weight is 385 g/mol. The summed E-state index contributed by atoms with van der Waals surface area (Å²) in [5, 5.41) is 9.37. The predicted octanol–water partition coefficient (Wildman–Crippen LogP) is 4.66. The van der Waals surface area contributed by atoms with Crippen LogP contribution in [0.5, 0.6) is 5.75 Å². The van der Waals surface area contributed by atoms with E-state index in [2.05, 4.69) is 6.07 Å². The number of esters is 1. The van der Waals surface area contributed by atoms with Crippen molar-refractivity contribution in [3.8, 4) is 22.9 Å². The average Bonchev–Trinajstić information content (AvgIpc) is 2.78. The molecule has 0 fully saturated rings. The Labute approximate surface area is 169 Å². The van der Waals surface area contributed by atoms with Crippen molar-refractivity contribution in [2.75, 3.05) is 7.11 Å². The van der Waals surface area contributed by atoms with Crippen molar-refractivity contribution in [1.29, 1.82) is 5.26 Å². The van der Waals surface area contributed by atoms with Gasteiger partial charge in [-0.25, -0.2) is 4.79 Å². The minimum absolute atomic E-state index is 0.296. The van der Waals surface area contributed by atoms with E-state index < -0.39 is 12.1 Å². The zero-order chi connectivity index (χ0) is 20.8. The van der Waals surface area contributed by atoms with Crippen LogP contribution in [0.3, 0.4) is 0 Å². The number of nitrogens with zero attached hydrogens (tertiary/aromatic N) is 1. The molecule has 0 saturated carbocycles. The van der Waals surface area contributed by atoms with Crippen molar-refractivity contribution < 1.29 is 19.1 Å². The Balaban J connectivity index is 1.84. The van der Waals surface area contributed by atoms with Gasteiger partial charge in [-0.05, 0) is 48.9 Å². The third-order valence-electron chi connectivity index (χ3n) is 4.51. The van der Waals surface area contributed by atoms with Crippen LogP contribution in [0.1, 0.15) is 33.2 Å². The lowest BCUT2D eigenvalue weighted by Crippen LogP contribution is -2.24. The maximum absolute atomic E-state index is 12.8. The van der Waals surface area contributed by atoms with Crippen molar-refractivity contribution in [3.63, 3.8) is 0 Å². The number of Topliss-reactive ketones (excluding diaryl/α,β-unsaturated/α-hetero) is 1. The molecule has 29 heavy (non-hydrogen) atoms. The number of hydrogen-bond donors (Lipinski definition) is 0. The van der Waals surface area contributed by atoms with Crippen LogP contribution in [-0.2, 0) is 4.74 Å². The van der Waals surface area contributed by atoms with Gasteiger partial charge in [0.05, 0.1) is 24.3 Å². The molecule has 3 aromatic carbocycles. The fourth-order valence-electron chi connectivity index (χ4n) is 2.98. The first-order chi connectivity index (χ1) is 14.0. The molecular formula is C24H19NO4. The minimum Gasteiger partial charge on any atom is -0.497 e. The number of nitriles is 1. The summed E-state index contributed by atoms with van der Waals surface area (Å²) in [5.74, 6) is -0.296. The smallest absolute Gasteiger partial charge is 0.339 e. The molecule has 0 aromatic heterocycles. The highest BCUT2D eigenvalue weighted by atomic mass is 16.5. The first-order valence-corrected chi connectivity index (χ1v) is 9.03. The van der Waals surface area contributed by atoms with E-state index in [-0.39, 0.29) is 5.78 Å². The van der Waals surface area contributed by atoms with Crippen LogP contribution in [0.2, 0.25) is 0 Å². The number of carbonyl (C=O) groups excluding carboxylic acids is 2. The van der Waals surface area contributed by atoms with Crippen LogP contribution in [0, 0.1) is 11.3 Å². The fraction of sp³-hybridized carbons (Fsp3) is 0.125. The topological polar surface area (TPSA) is 76.4 Å². The molecule has 0 saturated heterocycles. The summed E-state index contributed by atoms with van der Waals surface area (Å²) in [6, 6.07) is 22.6. The van der Waals surface area contributed by atoms with Crippen molar-refractivity contribution >= 4 is 11.8 Å². The summed E-state index contributed by atoms with van der Waals surface area (Å²) < 4.78 is 10.5. The van der Waals surface area contributed by atoms with Crippen LogP contribution in [-0.4, -0.2) is 25.0 Å². The molecule has 0 radical (unpaired) electrons. The lowest BCUT2D eigenvalue weighted by atomic mass is 9.96. The van der Waals surface area contributed by atoms with Crippen LogP contribution in [0.4, 0.5) is 0 Å². The third kappa shape index (κ3) is 4.33. The van der Waals surface area contributed by atoms with Crippen molar-refractivity contribution in [2.45, 2.75) is 13.0 Å². The molecule has 0 spiro atoms. The normalized spacial score (nSPS) is 11.2. The number of benzene rings is 3. The van der Waals surface area contributed by atoms with Gasteiger partial charge in [0.25, 0.3) is 0 Å². The molecule has 0 aliphatic rings. The van der Waals surface area contributed by atoms with E-state index in [1.807, 2.05) is 0 Å². The Morgan fingerprint density at radius 3 is 2.17 bits per heavy atom. The molecule has 0 heterocycles. The Hall–Kier alpha value is -3.91. The lowest BCUT2D eigenvalue weighted by molar-refractivity contribution is 0.0319. The maximum atomic E-state index is 12.8. The summed E-state index contributed by atoms with van der Waals surface area (Å²) in [5.41, 5.74) is 2.39. The van der Waals surface area contributed by atoms with Gasteiger partial charge in [0.1, 0.15) is 5.75 Å². The molecule has 3 rings (SSSR count). The molecule has 0 aliphatic heterocycles. The SMILES string of the molecule is COc1ccc(C(=O)[C@@H](C)OC(=O)c2ccccc2-c2ccccc2C#N)cc1. The number of methoxy groups -OCH3 is 1. The number of carbonyl (C=O) groups is 2. The number of hydrogen-bond acceptors (Lipinski definition) is 5. The van der Waals surface area contributed by atoms with Gasteiger partial charge in [-0.3, -0.25) is 4.79 Å². The molecule has 5 nitrogen and oxygen atoms in total. The predicted molar refractivity (Wildman–Crippen MR) is 109 cm³/mol. The molecule has 0 aliphatic carbocycles. The highest BCUT2D eigenvalue weighted by Crippen LogP contribution is 2.27. The first kappa shape index (κ1) is 19.8. The lowest BCUT2D eigenvalue weighted by Gasteiger charge is -2.15. The van der Waals surface area contributed by atoms with Gasteiger partial charge in [-0.1, -0.05) is 36.4 Å².